The molecule has 0 fully saturated rings. The van der Waals surface area contributed by atoms with Crippen molar-refractivity contribution < 1.29 is 19.1 Å². The second kappa shape index (κ2) is 6.68. The van der Waals surface area contributed by atoms with Crippen LogP contribution in [0.25, 0.3) is 0 Å². The standard InChI is InChI=1S/C13H15O4/c1-3-6-12(15)17-13-10(9-14)7-5-8-11(13)16-4-2/h5,7-9H,1,3-4,6H2,2H3. The second-order valence-corrected chi connectivity index (χ2v) is 3.30. The van der Waals surface area contributed by atoms with Crippen LogP contribution in [0.3, 0.4) is 0 Å². The maximum absolute atomic E-state index is 11.4. The van der Waals surface area contributed by atoms with E-state index in [2.05, 4.69) is 6.92 Å². The van der Waals surface area contributed by atoms with Crippen molar-refractivity contribution in [3.8, 4) is 11.5 Å². The predicted molar refractivity (Wildman–Crippen MR) is 63.2 cm³/mol. The Morgan fingerprint density at radius 1 is 1.47 bits per heavy atom. The summed E-state index contributed by atoms with van der Waals surface area (Å²) < 4.78 is 10.4. The Morgan fingerprint density at radius 2 is 2.24 bits per heavy atom. The Bertz CT molecular complexity index is 398. The summed E-state index contributed by atoms with van der Waals surface area (Å²) in [6.45, 7) is 5.81. The minimum Gasteiger partial charge on any atom is -0.490 e. The highest BCUT2D eigenvalue weighted by Crippen LogP contribution is 2.30. The van der Waals surface area contributed by atoms with Gasteiger partial charge in [0, 0.05) is 6.42 Å². The van der Waals surface area contributed by atoms with Crippen molar-refractivity contribution in [1.29, 1.82) is 0 Å². The Labute approximate surface area is 101 Å². The van der Waals surface area contributed by atoms with Crippen LogP contribution in [0, 0.1) is 6.92 Å². The third kappa shape index (κ3) is 3.59. The molecule has 0 aliphatic heterocycles. The number of benzene rings is 1. The van der Waals surface area contributed by atoms with Gasteiger partial charge >= 0.3 is 5.97 Å². The highest BCUT2D eigenvalue weighted by atomic mass is 16.6. The summed E-state index contributed by atoms with van der Waals surface area (Å²) in [7, 11) is 0. The van der Waals surface area contributed by atoms with Crippen molar-refractivity contribution in [2.24, 2.45) is 0 Å². The number of rotatable bonds is 6. The number of ether oxygens (including phenoxy) is 2. The van der Waals surface area contributed by atoms with E-state index in [1.807, 2.05) is 6.92 Å². The quantitative estimate of drug-likeness (QED) is 0.431. The second-order valence-electron chi connectivity index (χ2n) is 3.30. The van der Waals surface area contributed by atoms with E-state index < -0.39 is 5.97 Å². The van der Waals surface area contributed by atoms with Crippen LogP contribution >= 0.6 is 0 Å². The summed E-state index contributed by atoms with van der Waals surface area (Å²) in [4.78, 5) is 22.3. The van der Waals surface area contributed by atoms with E-state index in [1.54, 1.807) is 18.2 Å². The van der Waals surface area contributed by atoms with E-state index in [0.29, 0.717) is 30.6 Å². The normalized spacial score (nSPS) is 9.76. The molecule has 0 N–H and O–H groups in total. The van der Waals surface area contributed by atoms with Crippen molar-refractivity contribution in [2.75, 3.05) is 6.61 Å². The lowest BCUT2D eigenvalue weighted by Crippen LogP contribution is -2.10. The first-order valence-electron chi connectivity index (χ1n) is 5.43. The molecule has 4 heteroatoms. The lowest BCUT2D eigenvalue weighted by atomic mass is 10.2. The molecular formula is C13H15O4. The fourth-order valence-electron chi connectivity index (χ4n) is 1.31. The van der Waals surface area contributed by atoms with E-state index in [9.17, 15) is 9.59 Å². The fraction of sp³-hybridized carbons (Fsp3) is 0.308. The van der Waals surface area contributed by atoms with E-state index >= 15 is 0 Å². The van der Waals surface area contributed by atoms with Crippen molar-refractivity contribution in [3.05, 3.63) is 30.7 Å². The number of hydrogen-bond acceptors (Lipinski definition) is 4. The molecule has 91 valence electrons. The molecule has 0 unspecified atom stereocenters. The number of hydrogen-bond donors (Lipinski definition) is 0. The molecule has 0 spiro atoms. The van der Waals surface area contributed by atoms with Gasteiger partial charge in [0.1, 0.15) is 0 Å². The lowest BCUT2D eigenvalue weighted by Gasteiger charge is -2.11. The Hall–Kier alpha value is -1.84. The molecule has 0 saturated heterocycles. The van der Waals surface area contributed by atoms with Gasteiger partial charge < -0.3 is 9.47 Å². The minimum absolute atomic E-state index is 0.183. The van der Waals surface area contributed by atoms with Crippen molar-refractivity contribution in [2.45, 2.75) is 19.8 Å². The SMILES string of the molecule is [CH2]CCC(=O)Oc1c(C=O)cccc1OCC. The fourth-order valence-corrected chi connectivity index (χ4v) is 1.31. The van der Waals surface area contributed by atoms with Crippen molar-refractivity contribution >= 4 is 12.3 Å². The van der Waals surface area contributed by atoms with Gasteiger partial charge in [0.15, 0.2) is 17.8 Å². The number of carbonyl (C=O) groups is 2. The molecule has 0 aliphatic rings. The van der Waals surface area contributed by atoms with Gasteiger partial charge in [-0.25, -0.2) is 0 Å². The number of carbonyl (C=O) groups excluding carboxylic acids is 2. The van der Waals surface area contributed by atoms with Gasteiger partial charge in [0.2, 0.25) is 0 Å². The molecule has 0 aromatic heterocycles. The molecule has 0 aliphatic carbocycles. The summed E-state index contributed by atoms with van der Waals surface area (Å²) in [5, 5.41) is 0. The molecule has 0 heterocycles. The molecule has 4 nitrogen and oxygen atoms in total. The van der Waals surface area contributed by atoms with Gasteiger partial charge in [-0.15, -0.1) is 0 Å². The molecule has 0 saturated carbocycles. The lowest BCUT2D eigenvalue weighted by molar-refractivity contribution is -0.134. The monoisotopic (exact) mass is 235 g/mol. The van der Waals surface area contributed by atoms with E-state index in [4.69, 9.17) is 9.47 Å². The topological polar surface area (TPSA) is 52.6 Å². The molecule has 1 rings (SSSR count). The molecule has 1 radical (unpaired) electrons. The van der Waals surface area contributed by atoms with Crippen LogP contribution in [0.4, 0.5) is 0 Å². The summed E-state index contributed by atoms with van der Waals surface area (Å²) in [5.74, 6) is 0.160. The summed E-state index contributed by atoms with van der Waals surface area (Å²) >= 11 is 0. The first-order valence-corrected chi connectivity index (χ1v) is 5.43. The van der Waals surface area contributed by atoms with E-state index in [1.165, 1.54) is 0 Å². The van der Waals surface area contributed by atoms with Crippen LogP contribution in [-0.2, 0) is 4.79 Å². The maximum atomic E-state index is 11.4. The molecule has 1 aromatic rings. The molecule has 17 heavy (non-hydrogen) atoms. The van der Waals surface area contributed by atoms with Gasteiger partial charge in [-0.2, -0.15) is 0 Å². The highest BCUT2D eigenvalue weighted by Gasteiger charge is 2.14. The predicted octanol–water partition coefficient (Wildman–Crippen LogP) is 2.42. The zero-order valence-electron chi connectivity index (χ0n) is 9.77. The largest absolute Gasteiger partial charge is 0.490 e. The van der Waals surface area contributed by atoms with Gasteiger partial charge in [-0.1, -0.05) is 13.0 Å². The number of para-hydroxylation sites is 1. The smallest absolute Gasteiger partial charge is 0.311 e. The highest BCUT2D eigenvalue weighted by molar-refractivity contribution is 5.84. The molecular weight excluding hydrogens is 220 g/mol. The molecule has 0 amide bonds. The van der Waals surface area contributed by atoms with E-state index in [-0.39, 0.29) is 12.2 Å². The Balaban J connectivity index is 2.99. The van der Waals surface area contributed by atoms with Gasteiger partial charge in [-0.05, 0) is 25.5 Å². The van der Waals surface area contributed by atoms with Gasteiger partial charge in [0.25, 0.3) is 0 Å². The van der Waals surface area contributed by atoms with Crippen LogP contribution < -0.4 is 9.47 Å². The maximum Gasteiger partial charge on any atom is 0.311 e. The third-order valence-corrected chi connectivity index (χ3v) is 2.03. The summed E-state index contributed by atoms with van der Waals surface area (Å²) in [6, 6.07) is 4.90. The third-order valence-electron chi connectivity index (χ3n) is 2.03. The van der Waals surface area contributed by atoms with Gasteiger partial charge in [0.05, 0.1) is 12.2 Å². The van der Waals surface area contributed by atoms with Crippen molar-refractivity contribution in [1.82, 2.24) is 0 Å². The van der Waals surface area contributed by atoms with E-state index in [0.717, 1.165) is 0 Å². The zero-order chi connectivity index (χ0) is 12.7. The number of aldehydes is 1. The number of esters is 1. The van der Waals surface area contributed by atoms with Crippen LogP contribution in [-0.4, -0.2) is 18.9 Å². The summed E-state index contributed by atoms with van der Waals surface area (Å²) in [6.07, 6.45) is 1.29. The first kappa shape index (κ1) is 13.2. The van der Waals surface area contributed by atoms with Crippen LogP contribution in [0.5, 0.6) is 11.5 Å². The first-order chi connectivity index (χ1) is 8.22. The zero-order valence-corrected chi connectivity index (χ0v) is 9.77. The molecule has 0 atom stereocenters. The van der Waals surface area contributed by atoms with Gasteiger partial charge in [-0.3, -0.25) is 9.59 Å². The minimum atomic E-state index is -0.421. The van der Waals surface area contributed by atoms with Crippen LogP contribution in [0.15, 0.2) is 18.2 Å². The summed E-state index contributed by atoms with van der Waals surface area (Å²) in [5.41, 5.74) is 0.299. The van der Waals surface area contributed by atoms with Crippen LogP contribution in [0.1, 0.15) is 30.1 Å². The Kier molecular flexibility index (Phi) is 5.20. The average molecular weight is 235 g/mol. The molecule has 0 bridgehead atoms. The Morgan fingerprint density at radius 3 is 2.82 bits per heavy atom. The molecule has 1 aromatic carbocycles. The average Bonchev–Trinajstić information content (AvgIpc) is 2.32. The van der Waals surface area contributed by atoms with Crippen molar-refractivity contribution in [3.63, 3.8) is 0 Å². The van der Waals surface area contributed by atoms with Crippen LogP contribution in [0.2, 0.25) is 0 Å².